The molecule has 4 rings (SSSR count). The molecule has 1 aromatic heterocycles. The monoisotopic (exact) mass is 470 g/mol. The van der Waals surface area contributed by atoms with Gasteiger partial charge in [0.15, 0.2) is 0 Å². The molecule has 1 fully saturated rings. The van der Waals surface area contributed by atoms with Crippen LogP contribution in [-0.4, -0.2) is 74.0 Å². The number of rotatable bonds is 8. The topological polar surface area (TPSA) is 137 Å². The number of aliphatic hydroxyl groups is 4. The Labute approximate surface area is 197 Å². The van der Waals surface area contributed by atoms with E-state index in [9.17, 15) is 20.4 Å². The second-order valence-corrected chi connectivity index (χ2v) is 8.55. The molecular weight excluding hydrogens is 440 g/mol. The number of benzene rings is 2. The molecule has 2 heterocycles. The van der Waals surface area contributed by atoms with E-state index in [1.54, 1.807) is 0 Å². The minimum absolute atomic E-state index is 0.0722. The average molecular weight is 471 g/mol. The molecule has 9 nitrogen and oxygen atoms in total. The molecule has 0 aliphatic carbocycles. The van der Waals surface area contributed by atoms with Crippen LogP contribution >= 0.6 is 0 Å². The van der Waals surface area contributed by atoms with Gasteiger partial charge in [-0.25, -0.2) is 0 Å². The van der Waals surface area contributed by atoms with E-state index in [4.69, 9.17) is 14.2 Å². The van der Waals surface area contributed by atoms with Gasteiger partial charge < -0.3 is 34.6 Å². The summed E-state index contributed by atoms with van der Waals surface area (Å²) in [6.07, 6.45) is -6.42. The molecule has 0 unspecified atom stereocenters. The molecule has 2 aromatic carbocycles. The lowest BCUT2D eigenvalue weighted by Gasteiger charge is -2.39. The Hall–Kier alpha value is -2.95. The SMILES string of the molecule is CC(C)Oc1ccc(Cc2c(O[C@@H]3O[C@H](CO)[C@@H](O)[C@H](O)[C@H]3O)n[nH]c2-c2ccccc2)cc1. The molecule has 5 atom stereocenters. The predicted octanol–water partition coefficient (Wildman–Crippen LogP) is 1.63. The van der Waals surface area contributed by atoms with Crippen molar-refractivity contribution in [2.24, 2.45) is 0 Å². The number of H-pyrrole nitrogens is 1. The van der Waals surface area contributed by atoms with Gasteiger partial charge in [-0.1, -0.05) is 42.5 Å². The lowest BCUT2D eigenvalue weighted by Crippen LogP contribution is -2.60. The molecular formula is C25H30N2O7. The summed E-state index contributed by atoms with van der Waals surface area (Å²) in [5.74, 6) is 0.956. The Morgan fingerprint density at radius 1 is 0.971 bits per heavy atom. The molecule has 9 heteroatoms. The molecule has 0 bridgehead atoms. The highest BCUT2D eigenvalue weighted by Gasteiger charge is 2.45. The van der Waals surface area contributed by atoms with Crippen LogP contribution < -0.4 is 9.47 Å². The van der Waals surface area contributed by atoms with Gasteiger partial charge in [-0.05, 0) is 37.1 Å². The first-order valence-electron chi connectivity index (χ1n) is 11.2. The van der Waals surface area contributed by atoms with Crippen LogP contribution in [0.4, 0.5) is 0 Å². The van der Waals surface area contributed by atoms with Gasteiger partial charge in [-0.3, -0.25) is 5.10 Å². The number of hydrogen-bond donors (Lipinski definition) is 5. The molecule has 1 saturated heterocycles. The molecule has 0 radical (unpaired) electrons. The number of aromatic amines is 1. The highest BCUT2D eigenvalue weighted by atomic mass is 16.7. The summed E-state index contributed by atoms with van der Waals surface area (Å²) in [5.41, 5.74) is 3.34. The number of nitrogens with one attached hydrogen (secondary N) is 1. The van der Waals surface area contributed by atoms with Crippen LogP contribution in [0.5, 0.6) is 11.6 Å². The molecule has 182 valence electrons. The number of aromatic nitrogens is 2. The van der Waals surface area contributed by atoms with Crippen molar-refractivity contribution in [2.75, 3.05) is 6.61 Å². The average Bonchev–Trinajstić information content (AvgIpc) is 3.22. The smallest absolute Gasteiger partial charge is 0.239 e. The van der Waals surface area contributed by atoms with E-state index in [1.807, 2.05) is 68.4 Å². The summed E-state index contributed by atoms with van der Waals surface area (Å²) >= 11 is 0. The van der Waals surface area contributed by atoms with Gasteiger partial charge in [-0.15, -0.1) is 5.10 Å². The summed E-state index contributed by atoms with van der Waals surface area (Å²) in [6, 6.07) is 17.3. The van der Waals surface area contributed by atoms with Gasteiger partial charge in [0.1, 0.15) is 30.2 Å². The third kappa shape index (κ3) is 5.24. The predicted molar refractivity (Wildman–Crippen MR) is 123 cm³/mol. The van der Waals surface area contributed by atoms with E-state index in [0.717, 1.165) is 28.1 Å². The first-order valence-corrected chi connectivity index (χ1v) is 11.2. The van der Waals surface area contributed by atoms with Crippen molar-refractivity contribution in [3.8, 4) is 22.9 Å². The summed E-state index contributed by atoms with van der Waals surface area (Å²) in [4.78, 5) is 0. The molecule has 0 saturated carbocycles. The van der Waals surface area contributed by atoms with Crippen LogP contribution in [0.25, 0.3) is 11.3 Å². The van der Waals surface area contributed by atoms with Gasteiger partial charge in [0.25, 0.3) is 0 Å². The zero-order valence-corrected chi connectivity index (χ0v) is 19.0. The zero-order valence-electron chi connectivity index (χ0n) is 19.0. The second-order valence-electron chi connectivity index (χ2n) is 8.55. The maximum atomic E-state index is 10.4. The molecule has 3 aromatic rings. The highest BCUT2D eigenvalue weighted by Crippen LogP contribution is 2.33. The molecule has 0 amide bonds. The Morgan fingerprint density at radius 2 is 1.68 bits per heavy atom. The second kappa shape index (κ2) is 10.5. The first kappa shape index (κ1) is 24.2. The van der Waals surface area contributed by atoms with Crippen molar-refractivity contribution < 1.29 is 34.6 Å². The first-order chi connectivity index (χ1) is 16.4. The lowest BCUT2D eigenvalue weighted by atomic mass is 9.99. The number of aliphatic hydroxyl groups excluding tert-OH is 4. The fraction of sp³-hybridized carbons (Fsp3) is 0.400. The highest BCUT2D eigenvalue weighted by molar-refractivity contribution is 5.66. The number of nitrogens with zero attached hydrogens (tertiary/aromatic N) is 1. The van der Waals surface area contributed by atoms with Crippen molar-refractivity contribution in [3.05, 3.63) is 65.7 Å². The summed E-state index contributed by atoms with van der Waals surface area (Å²) in [5, 5.41) is 47.3. The Bertz CT molecular complexity index is 1050. The van der Waals surface area contributed by atoms with Crippen molar-refractivity contribution >= 4 is 0 Å². The van der Waals surface area contributed by atoms with Crippen molar-refractivity contribution in [1.29, 1.82) is 0 Å². The number of hydrogen-bond acceptors (Lipinski definition) is 8. The van der Waals surface area contributed by atoms with Crippen LogP contribution in [0, 0.1) is 0 Å². The maximum Gasteiger partial charge on any atom is 0.239 e. The molecule has 5 N–H and O–H groups in total. The summed E-state index contributed by atoms with van der Waals surface area (Å²) in [7, 11) is 0. The third-order valence-electron chi connectivity index (χ3n) is 5.64. The van der Waals surface area contributed by atoms with E-state index < -0.39 is 37.3 Å². The Balaban J connectivity index is 1.63. The van der Waals surface area contributed by atoms with Gasteiger partial charge in [-0.2, -0.15) is 0 Å². The van der Waals surface area contributed by atoms with Crippen LogP contribution in [0.2, 0.25) is 0 Å². The largest absolute Gasteiger partial charge is 0.491 e. The third-order valence-corrected chi connectivity index (χ3v) is 5.64. The van der Waals surface area contributed by atoms with Crippen molar-refractivity contribution in [3.63, 3.8) is 0 Å². The van der Waals surface area contributed by atoms with Gasteiger partial charge in [0, 0.05) is 12.0 Å². The van der Waals surface area contributed by atoms with E-state index in [2.05, 4.69) is 10.2 Å². The van der Waals surface area contributed by atoms with Crippen LogP contribution in [0.3, 0.4) is 0 Å². The quantitative estimate of drug-likeness (QED) is 0.335. The standard InChI is InChI=1S/C25H30N2O7/c1-14(2)32-17-10-8-15(9-11-17)12-18-20(16-6-4-3-5-7-16)26-27-24(18)34-25-23(31)22(30)21(29)19(13-28)33-25/h3-11,14,19,21-23,25,28-31H,12-13H2,1-2H3,(H,26,27)/t19-,21-,22+,23-,25+/m1/s1. The molecule has 34 heavy (non-hydrogen) atoms. The summed E-state index contributed by atoms with van der Waals surface area (Å²) in [6.45, 7) is 3.39. The molecule has 1 aliphatic rings. The minimum atomic E-state index is -1.54. The lowest BCUT2D eigenvalue weighted by molar-refractivity contribution is -0.278. The Kier molecular flexibility index (Phi) is 7.50. The fourth-order valence-corrected chi connectivity index (χ4v) is 3.89. The van der Waals surface area contributed by atoms with E-state index in [1.165, 1.54) is 0 Å². The normalized spacial score (nSPS) is 24.9. The van der Waals surface area contributed by atoms with Crippen LogP contribution in [-0.2, 0) is 11.2 Å². The van der Waals surface area contributed by atoms with Gasteiger partial charge in [0.2, 0.25) is 12.2 Å². The maximum absolute atomic E-state index is 10.4. The molecule has 0 spiro atoms. The molecule has 1 aliphatic heterocycles. The fourth-order valence-electron chi connectivity index (χ4n) is 3.89. The Morgan fingerprint density at radius 3 is 2.32 bits per heavy atom. The van der Waals surface area contributed by atoms with E-state index in [0.29, 0.717) is 6.42 Å². The van der Waals surface area contributed by atoms with E-state index in [-0.39, 0.29) is 12.0 Å². The summed E-state index contributed by atoms with van der Waals surface area (Å²) < 4.78 is 17.1. The van der Waals surface area contributed by atoms with Crippen molar-refractivity contribution in [1.82, 2.24) is 10.2 Å². The van der Waals surface area contributed by atoms with Crippen LogP contribution in [0.15, 0.2) is 54.6 Å². The zero-order chi connectivity index (χ0) is 24.2. The number of ether oxygens (including phenoxy) is 3. The van der Waals surface area contributed by atoms with Gasteiger partial charge in [0.05, 0.1) is 18.4 Å². The van der Waals surface area contributed by atoms with E-state index >= 15 is 0 Å². The minimum Gasteiger partial charge on any atom is -0.491 e. The van der Waals surface area contributed by atoms with Gasteiger partial charge >= 0.3 is 0 Å². The van der Waals surface area contributed by atoms with Crippen molar-refractivity contribution in [2.45, 2.75) is 57.1 Å². The van der Waals surface area contributed by atoms with Crippen LogP contribution in [0.1, 0.15) is 25.0 Å².